The second-order valence-corrected chi connectivity index (χ2v) is 4.02. The molecule has 3 rings (SSSR count). The van der Waals surface area contributed by atoms with Gasteiger partial charge in [0.1, 0.15) is 5.52 Å². The highest BCUT2D eigenvalue weighted by Crippen LogP contribution is 2.40. The second-order valence-electron chi connectivity index (χ2n) is 4.02. The minimum atomic E-state index is 0.548. The summed E-state index contributed by atoms with van der Waals surface area (Å²) in [5.74, 6) is 1.41. The molecule has 4 heteroatoms. The molecule has 2 aromatic heterocycles. The second kappa shape index (κ2) is 3.31. The maximum Gasteiger partial charge on any atom is 0.246 e. The topological polar surface area (TPSA) is 51.0 Å². The summed E-state index contributed by atoms with van der Waals surface area (Å²) < 4.78 is 5.58. The molecule has 0 saturated heterocycles. The molecule has 0 aliphatic heterocycles. The SMILES string of the molecule is CNCc1cnc2oc(C3CC3)nc2c1. The Bertz CT molecular complexity index is 488. The Hall–Kier alpha value is -1.42. The summed E-state index contributed by atoms with van der Waals surface area (Å²) in [5.41, 5.74) is 2.68. The molecule has 2 aromatic rings. The lowest BCUT2D eigenvalue weighted by molar-refractivity contribution is 0.524. The van der Waals surface area contributed by atoms with Crippen molar-refractivity contribution in [1.82, 2.24) is 15.3 Å². The van der Waals surface area contributed by atoms with Gasteiger partial charge in [-0.2, -0.15) is 0 Å². The largest absolute Gasteiger partial charge is 0.422 e. The molecule has 2 heterocycles. The minimum absolute atomic E-state index is 0.548. The van der Waals surface area contributed by atoms with Gasteiger partial charge in [-0.15, -0.1) is 0 Å². The van der Waals surface area contributed by atoms with Crippen LogP contribution in [0.1, 0.15) is 30.2 Å². The van der Waals surface area contributed by atoms with Crippen LogP contribution < -0.4 is 5.32 Å². The summed E-state index contributed by atoms with van der Waals surface area (Å²) in [6.07, 6.45) is 4.24. The van der Waals surface area contributed by atoms with Gasteiger partial charge in [-0.25, -0.2) is 9.97 Å². The lowest BCUT2D eigenvalue weighted by Crippen LogP contribution is -2.04. The third-order valence-electron chi connectivity index (χ3n) is 2.63. The maximum absolute atomic E-state index is 5.58. The fraction of sp³-hybridized carbons (Fsp3) is 0.455. The fourth-order valence-electron chi connectivity index (χ4n) is 1.69. The number of fused-ring (bicyclic) bond motifs is 1. The van der Waals surface area contributed by atoms with Crippen LogP contribution in [0.3, 0.4) is 0 Å². The first kappa shape index (κ1) is 8.85. The first-order valence-electron chi connectivity index (χ1n) is 5.27. The zero-order chi connectivity index (χ0) is 10.3. The van der Waals surface area contributed by atoms with Crippen molar-refractivity contribution in [3.63, 3.8) is 0 Å². The van der Waals surface area contributed by atoms with E-state index in [9.17, 15) is 0 Å². The summed E-state index contributed by atoms with van der Waals surface area (Å²) in [4.78, 5) is 8.72. The molecule has 0 spiro atoms. The van der Waals surface area contributed by atoms with E-state index in [1.165, 1.54) is 12.8 Å². The van der Waals surface area contributed by atoms with Crippen molar-refractivity contribution >= 4 is 11.2 Å². The van der Waals surface area contributed by atoms with Gasteiger partial charge in [0.15, 0.2) is 0 Å². The highest BCUT2D eigenvalue weighted by molar-refractivity contribution is 5.68. The van der Waals surface area contributed by atoms with Crippen molar-refractivity contribution in [2.24, 2.45) is 0 Å². The molecule has 0 aromatic carbocycles. The predicted molar refractivity (Wildman–Crippen MR) is 56.5 cm³/mol. The van der Waals surface area contributed by atoms with E-state index >= 15 is 0 Å². The van der Waals surface area contributed by atoms with Gasteiger partial charge >= 0.3 is 0 Å². The number of oxazole rings is 1. The van der Waals surface area contributed by atoms with Crippen molar-refractivity contribution < 1.29 is 4.42 Å². The van der Waals surface area contributed by atoms with E-state index in [0.29, 0.717) is 11.6 Å². The van der Waals surface area contributed by atoms with Gasteiger partial charge in [-0.3, -0.25) is 0 Å². The summed E-state index contributed by atoms with van der Waals surface area (Å²) in [6, 6.07) is 2.04. The number of nitrogens with one attached hydrogen (secondary N) is 1. The van der Waals surface area contributed by atoms with Crippen LogP contribution in [0.2, 0.25) is 0 Å². The average Bonchev–Trinajstić information content (AvgIpc) is 2.99. The van der Waals surface area contributed by atoms with Gasteiger partial charge in [-0.1, -0.05) is 0 Å². The quantitative estimate of drug-likeness (QED) is 0.826. The van der Waals surface area contributed by atoms with Crippen LogP contribution in [0.4, 0.5) is 0 Å². The van der Waals surface area contributed by atoms with Gasteiger partial charge in [-0.05, 0) is 31.5 Å². The third kappa shape index (κ3) is 1.61. The van der Waals surface area contributed by atoms with Crippen LogP contribution in [0, 0.1) is 0 Å². The van der Waals surface area contributed by atoms with Gasteiger partial charge in [0, 0.05) is 18.7 Å². The van der Waals surface area contributed by atoms with E-state index in [1.807, 2.05) is 19.3 Å². The van der Waals surface area contributed by atoms with Crippen molar-refractivity contribution in [3.05, 3.63) is 23.7 Å². The fourth-order valence-corrected chi connectivity index (χ4v) is 1.69. The monoisotopic (exact) mass is 203 g/mol. The Morgan fingerprint density at radius 1 is 1.53 bits per heavy atom. The number of rotatable bonds is 3. The zero-order valence-corrected chi connectivity index (χ0v) is 8.66. The Balaban J connectivity index is 2.02. The molecule has 0 radical (unpaired) electrons. The van der Waals surface area contributed by atoms with E-state index < -0.39 is 0 Å². The van der Waals surface area contributed by atoms with Gasteiger partial charge in [0.25, 0.3) is 0 Å². The Morgan fingerprint density at radius 3 is 3.13 bits per heavy atom. The molecular formula is C11H13N3O. The Morgan fingerprint density at radius 2 is 2.40 bits per heavy atom. The molecule has 0 bridgehead atoms. The smallest absolute Gasteiger partial charge is 0.246 e. The zero-order valence-electron chi connectivity index (χ0n) is 8.66. The van der Waals surface area contributed by atoms with Gasteiger partial charge in [0.2, 0.25) is 11.6 Å². The molecule has 0 amide bonds. The molecule has 1 saturated carbocycles. The highest BCUT2D eigenvalue weighted by atomic mass is 16.4. The predicted octanol–water partition coefficient (Wildman–Crippen LogP) is 1.82. The summed E-state index contributed by atoms with van der Waals surface area (Å²) in [6.45, 7) is 0.814. The highest BCUT2D eigenvalue weighted by Gasteiger charge is 2.29. The number of aromatic nitrogens is 2. The third-order valence-corrected chi connectivity index (χ3v) is 2.63. The van der Waals surface area contributed by atoms with Gasteiger partial charge < -0.3 is 9.73 Å². The standard InChI is InChI=1S/C11H13N3O/c1-12-5-7-4-9-11(13-6-7)15-10(14-9)8-2-3-8/h4,6,8,12H,2-3,5H2,1H3. The molecule has 1 N–H and O–H groups in total. The minimum Gasteiger partial charge on any atom is -0.422 e. The van der Waals surface area contributed by atoms with Crippen molar-refractivity contribution in [2.45, 2.75) is 25.3 Å². The average molecular weight is 203 g/mol. The van der Waals surface area contributed by atoms with Gasteiger partial charge in [0.05, 0.1) is 0 Å². The van der Waals surface area contributed by atoms with Crippen molar-refractivity contribution in [2.75, 3.05) is 7.05 Å². The molecule has 78 valence electrons. The number of hydrogen-bond acceptors (Lipinski definition) is 4. The number of hydrogen-bond donors (Lipinski definition) is 1. The van der Waals surface area contributed by atoms with E-state index in [4.69, 9.17) is 4.42 Å². The first-order chi connectivity index (χ1) is 7.36. The molecular weight excluding hydrogens is 190 g/mol. The van der Waals surface area contributed by atoms with Crippen LogP contribution in [0.25, 0.3) is 11.2 Å². The lowest BCUT2D eigenvalue weighted by Gasteiger charge is -1.96. The van der Waals surface area contributed by atoms with Crippen molar-refractivity contribution in [3.8, 4) is 0 Å². The van der Waals surface area contributed by atoms with Crippen molar-refractivity contribution in [1.29, 1.82) is 0 Å². The van der Waals surface area contributed by atoms with E-state index in [0.717, 1.165) is 23.5 Å². The maximum atomic E-state index is 5.58. The Labute approximate surface area is 87.7 Å². The molecule has 0 atom stereocenters. The normalized spacial score (nSPS) is 16.1. The molecule has 0 unspecified atom stereocenters. The number of nitrogens with zero attached hydrogens (tertiary/aromatic N) is 2. The first-order valence-corrected chi connectivity index (χ1v) is 5.27. The van der Waals surface area contributed by atoms with E-state index in [1.54, 1.807) is 0 Å². The summed E-state index contributed by atoms with van der Waals surface area (Å²) in [7, 11) is 1.92. The molecule has 1 aliphatic carbocycles. The van der Waals surface area contributed by atoms with Crippen LogP contribution in [0.15, 0.2) is 16.7 Å². The van der Waals surface area contributed by atoms with Crippen LogP contribution >= 0.6 is 0 Å². The number of pyridine rings is 1. The van der Waals surface area contributed by atoms with Crippen LogP contribution in [-0.4, -0.2) is 17.0 Å². The van der Waals surface area contributed by atoms with Crippen LogP contribution in [0.5, 0.6) is 0 Å². The molecule has 4 nitrogen and oxygen atoms in total. The van der Waals surface area contributed by atoms with E-state index in [-0.39, 0.29) is 0 Å². The molecule has 15 heavy (non-hydrogen) atoms. The van der Waals surface area contributed by atoms with Crippen LogP contribution in [-0.2, 0) is 6.54 Å². The summed E-state index contributed by atoms with van der Waals surface area (Å²) >= 11 is 0. The molecule has 1 aliphatic rings. The van der Waals surface area contributed by atoms with E-state index in [2.05, 4.69) is 15.3 Å². The Kier molecular flexibility index (Phi) is 1.95. The summed E-state index contributed by atoms with van der Waals surface area (Å²) in [5, 5.41) is 3.09. The molecule has 1 fully saturated rings. The lowest BCUT2D eigenvalue weighted by atomic mass is 10.3.